The summed E-state index contributed by atoms with van der Waals surface area (Å²) in [6, 6.07) is 4.44. The van der Waals surface area contributed by atoms with E-state index in [1.807, 2.05) is 0 Å². The van der Waals surface area contributed by atoms with Crippen molar-refractivity contribution in [1.82, 2.24) is 4.31 Å². The standard InChI is InChI=1S/C10H11BrClNO4S/c11-6-1-2-10(7(12)3-6)18(16,17)13-4-8(14)9(15)5-13/h1-3,8-9,14-15H,4-5H2. The molecule has 0 aliphatic carbocycles. The number of halogens is 2. The van der Waals surface area contributed by atoms with E-state index in [0.29, 0.717) is 4.47 Å². The summed E-state index contributed by atoms with van der Waals surface area (Å²) in [7, 11) is -3.79. The van der Waals surface area contributed by atoms with Crippen molar-refractivity contribution in [3.05, 3.63) is 27.7 Å². The molecule has 2 atom stereocenters. The lowest BCUT2D eigenvalue weighted by atomic mass is 10.3. The number of hydrogen-bond donors (Lipinski definition) is 2. The molecule has 0 aromatic heterocycles. The van der Waals surface area contributed by atoms with Crippen LogP contribution in [0, 0.1) is 0 Å². The van der Waals surface area contributed by atoms with Gasteiger partial charge < -0.3 is 10.2 Å². The highest BCUT2D eigenvalue weighted by Crippen LogP contribution is 2.29. The van der Waals surface area contributed by atoms with Crippen molar-refractivity contribution in [3.63, 3.8) is 0 Å². The SMILES string of the molecule is O=S(=O)(c1ccc(Br)cc1Cl)N1CC(O)C(O)C1. The van der Waals surface area contributed by atoms with E-state index in [4.69, 9.17) is 11.6 Å². The highest BCUT2D eigenvalue weighted by Gasteiger charge is 2.38. The van der Waals surface area contributed by atoms with Gasteiger partial charge in [-0.05, 0) is 18.2 Å². The summed E-state index contributed by atoms with van der Waals surface area (Å²) in [5, 5.41) is 18.9. The number of aliphatic hydroxyl groups is 2. The van der Waals surface area contributed by atoms with E-state index < -0.39 is 22.2 Å². The Balaban J connectivity index is 2.37. The smallest absolute Gasteiger partial charge is 0.244 e. The fourth-order valence-electron chi connectivity index (χ4n) is 1.75. The molecule has 2 N–H and O–H groups in total. The average molecular weight is 357 g/mol. The molecule has 1 saturated heterocycles. The molecule has 1 aliphatic rings. The Bertz CT molecular complexity index is 555. The first-order valence-corrected chi connectivity index (χ1v) is 7.75. The zero-order chi connectivity index (χ0) is 13.5. The number of benzene rings is 1. The molecule has 5 nitrogen and oxygen atoms in total. The first kappa shape index (κ1) is 14.2. The summed E-state index contributed by atoms with van der Waals surface area (Å²) in [6.45, 7) is -0.258. The van der Waals surface area contributed by atoms with Gasteiger partial charge >= 0.3 is 0 Å². The molecule has 0 saturated carbocycles. The van der Waals surface area contributed by atoms with Gasteiger partial charge in [0.25, 0.3) is 0 Å². The molecule has 1 aromatic carbocycles. The van der Waals surface area contributed by atoms with Gasteiger partial charge in [-0.3, -0.25) is 0 Å². The molecule has 1 aliphatic heterocycles. The van der Waals surface area contributed by atoms with Crippen molar-refractivity contribution in [2.75, 3.05) is 13.1 Å². The van der Waals surface area contributed by atoms with E-state index in [0.717, 1.165) is 4.31 Å². The number of sulfonamides is 1. The molecule has 0 bridgehead atoms. The highest BCUT2D eigenvalue weighted by molar-refractivity contribution is 9.10. The van der Waals surface area contributed by atoms with E-state index >= 15 is 0 Å². The predicted octanol–water partition coefficient (Wildman–Crippen LogP) is 0.829. The Labute approximate surface area is 118 Å². The average Bonchev–Trinajstić information content (AvgIpc) is 2.59. The van der Waals surface area contributed by atoms with Crippen molar-refractivity contribution in [2.24, 2.45) is 0 Å². The van der Waals surface area contributed by atoms with Gasteiger partial charge in [-0.15, -0.1) is 0 Å². The van der Waals surface area contributed by atoms with Gasteiger partial charge in [0.1, 0.15) is 4.90 Å². The fraction of sp³-hybridized carbons (Fsp3) is 0.400. The molecule has 2 unspecified atom stereocenters. The van der Waals surface area contributed by atoms with Crippen LogP contribution in [0.4, 0.5) is 0 Å². The molecule has 1 heterocycles. The predicted molar refractivity (Wildman–Crippen MR) is 69.9 cm³/mol. The second-order valence-electron chi connectivity index (χ2n) is 4.03. The topological polar surface area (TPSA) is 77.8 Å². The van der Waals surface area contributed by atoms with E-state index in [2.05, 4.69) is 15.9 Å². The lowest BCUT2D eigenvalue weighted by molar-refractivity contribution is 0.0572. The molecule has 2 rings (SSSR count). The van der Waals surface area contributed by atoms with Crippen molar-refractivity contribution in [2.45, 2.75) is 17.1 Å². The summed E-state index contributed by atoms with van der Waals surface area (Å²) in [5.74, 6) is 0. The van der Waals surface area contributed by atoms with Gasteiger partial charge in [-0.2, -0.15) is 4.31 Å². The molecule has 0 radical (unpaired) electrons. The molecule has 100 valence electrons. The normalized spacial score (nSPS) is 25.6. The van der Waals surface area contributed by atoms with Gasteiger partial charge in [-0.25, -0.2) is 8.42 Å². The minimum absolute atomic E-state index is 0.0336. The quantitative estimate of drug-likeness (QED) is 0.823. The molecule has 0 amide bonds. The van der Waals surface area contributed by atoms with Crippen molar-refractivity contribution in [3.8, 4) is 0 Å². The van der Waals surface area contributed by atoms with Crippen molar-refractivity contribution >= 4 is 37.6 Å². The van der Waals surface area contributed by atoms with E-state index in [1.54, 1.807) is 6.07 Å². The Morgan fingerprint density at radius 1 is 1.28 bits per heavy atom. The van der Waals surface area contributed by atoms with Crippen LogP contribution in [0.2, 0.25) is 5.02 Å². The van der Waals surface area contributed by atoms with E-state index in [9.17, 15) is 18.6 Å². The first-order chi connectivity index (χ1) is 8.32. The molecular weight excluding hydrogens is 346 g/mol. The Morgan fingerprint density at radius 3 is 2.33 bits per heavy atom. The van der Waals surface area contributed by atoms with Gasteiger partial charge in [-0.1, -0.05) is 27.5 Å². The summed E-state index contributed by atoms with van der Waals surface area (Å²) in [5.41, 5.74) is 0. The van der Waals surface area contributed by atoms with E-state index in [-0.39, 0.29) is 23.0 Å². The van der Waals surface area contributed by atoms with Crippen LogP contribution in [0.25, 0.3) is 0 Å². The van der Waals surface area contributed by atoms with E-state index in [1.165, 1.54) is 12.1 Å². The largest absolute Gasteiger partial charge is 0.389 e. The lowest BCUT2D eigenvalue weighted by Crippen LogP contribution is -2.30. The van der Waals surface area contributed by atoms with Gasteiger partial charge in [0.15, 0.2) is 0 Å². The number of aliphatic hydroxyl groups excluding tert-OH is 2. The van der Waals surface area contributed by atoms with Crippen LogP contribution in [0.3, 0.4) is 0 Å². The number of β-amino-alcohol motifs (C(OH)–C–C–N with tert-alkyl or cyclic N) is 2. The molecular formula is C10H11BrClNO4S. The molecule has 8 heteroatoms. The monoisotopic (exact) mass is 355 g/mol. The Kier molecular flexibility index (Phi) is 4.01. The fourth-order valence-corrected chi connectivity index (χ4v) is 4.24. The first-order valence-electron chi connectivity index (χ1n) is 5.13. The minimum Gasteiger partial charge on any atom is -0.389 e. The van der Waals surface area contributed by atoms with Gasteiger partial charge in [0.2, 0.25) is 10.0 Å². The summed E-state index contributed by atoms with van der Waals surface area (Å²) in [6.07, 6.45) is -2.12. The maximum atomic E-state index is 12.3. The Morgan fingerprint density at radius 2 is 1.83 bits per heavy atom. The highest BCUT2D eigenvalue weighted by atomic mass is 79.9. The van der Waals surface area contributed by atoms with Gasteiger partial charge in [0, 0.05) is 17.6 Å². The van der Waals surface area contributed by atoms with Crippen LogP contribution in [0.1, 0.15) is 0 Å². The number of nitrogens with zero attached hydrogens (tertiary/aromatic N) is 1. The summed E-state index contributed by atoms with van der Waals surface area (Å²) >= 11 is 9.10. The summed E-state index contributed by atoms with van der Waals surface area (Å²) < 4.78 is 26.2. The third kappa shape index (κ3) is 2.56. The maximum absolute atomic E-state index is 12.3. The minimum atomic E-state index is -3.79. The third-order valence-corrected chi connectivity index (χ3v) is 5.55. The van der Waals surface area contributed by atoms with Crippen LogP contribution >= 0.6 is 27.5 Å². The molecule has 1 aromatic rings. The van der Waals surface area contributed by atoms with Crippen LogP contribution in [-0.4, -0.2) is 48.2 Å². The van der Waals surface area contributed by atoms with Crippen LogP contribution in [0.15, 0.2) is 27.6 Å². The van der Waals surface area contributed by atoms with Crippen molar-refractivity contribution in [1.29, 1.82) is 0 Å². The maximum Gasteiger partial charge on any atom is 0.244 e. The molecule has 18 heavy (non-hydrogen) atoms. The van der Waals surface area contributed by atoms with Gasteiger partial charge in [0.05, 0.1) is 17.2 Å². The zero-order valence-electron chi connectivity index (χ0n) is 9.12. The second-order valence-corrected chi connectivity index (χ2v) is 7.26. The Hall–Kier alpha value is -0.180. The molecule has 1 fully saturated rings. The molecule has 0 spiro atoms. The number of rotatable bonds is 2. The van der Waals surface area contributed by atoms with Crippen LogP contribution in [0.5, 0.6) is 0 Å². The van der Waals surface area contributed by atoms with Crippen molar-refractivity contribution < 1.29 is 18.6 Å². The number of hydrogen-bond acceptors (Lipinski definition) is 4. The van der Waals surface area contributed by atoms with Crippen LogP contribution < -0.4 is 0 Å². The zero-order valence-corrected chi connectivity index (χ0v) is 12.3. The lowest BCUT2D eigenvalue weighted by Gasteiger charge is -2.16. The summed E-state index contributed by atoms with van der Waals surface area (Å²) in [4.78, 5) is -0.0336. The second kappa shape index (κ2) is 5.07. The third-order valence-electron chi connectivity index (χ3n) is 2.74. The van der Waals surface area contributed by atoms with Crippen LogP contribution in [-0.2, 0) is 10.0 Å².